The van der Waals surface area contributed by atoms with Gasteiger partial charge >= 0.3 is 12.3 Å². The van der Waals surface area contributed by atoms with Crippen molar-refractivity contribution in [3.8, 4) is 5.75 Å². The van der Waals surface area contributed by atoms with Gasteiger partial charge in [-0.3, -0.25) is 0 Å². The minimum Gasteiger partial charge on any atom is -0.489 e. The lowest BCUT2D eigenvalue weighted by atomic mass is 10.1. The first-order chi connectivity index (χ1) is 14.5. The molecule has 1 aliphatic heterocycles. The summed E-state index contributed by atoms with van der Waals surface area (Å²) in [5, 5.41) is 0. The SMILES string of the molecule is CC(C)(C)OC(=O)N1CCN(c2ccc(OCc3ccc(C(F)(F)F)cc3)cc2)CC1. The fourth-order valence-electron chi connectivity index (χ4n) is 3.18. The Morgan fingerprint density at radius 1 is 0.903 bits per heavy atom. The van der Waals surface area contributed by atoms with Crippen LogP contribution in [0.4, 0.5) is 23.7 Å². The van der Waals surface area contributed by atoms with E-state index in [-0.39, 0.29) is 12.7 Å². The van der Waals surface area contributed by atoms with Gasteiger partial charge in [0, 0.05) is 31.9 Å². The van der Waals surface area contributed by atoms with E-state index in [0.29, 0.717) is 37.5 Å². The standard InChI is InChI=1S/C23H27F3N2O3/c1-22(2,3)31-21(29)28-14-12-27(13-15-28)19-8-10-20(11-9-19)30-16-17-4-6-18(7-5-17)23(24,25)26/h4-11H,12-16H2,1-3H3. The Kier molecular flexibility index (Phi) is 6.67. The molecule has 0 spiro atoms. The molecule has 168 valence electrons. The van der Waals surface area contributed by atoms with E-state index in [1.54, 1.807) is 4.90 Å². The van der Waals surface area contributed by atoms with Gasteiger partial charge in [0.2, 0.25) is 0 Å². The Hall–Kier alpha value is -2.90. The predicted octanol–water partition coefficient (Wildman–Crippen LogP) is 5.34. The van der Waals surface area contributed by atoms with Crippen molar-refractivity contribution in [1.82, 2.24) is 4.90 Å². The number of rotatable bonds is 4. The number of piperazine rings is 1. The van der Waals surface area contributed by atoms with Crippen LogP contribution in [0.3, 0.4) is 0 Å². The topological polar surface area (TPSA) is 42.0 Å². The second kappa shape index (κ2) is 9.08. The minimum atomic E-state index is -4.34. The molecule has 3 rings (SSSR count). The molecular weight excluding hydrogens is 409 g/mol. The van der Waals surface area contributed by atoms with Crippen molar-refractivity contribution < 1.29 is 27.4 Å². The third kappa shape index (κ3) is 6.54. The molecule has 1 fully saturated rings. The van der Waals surface area contributed by atoms with Crippen LogP contribution in [-0.4, -0.2) is 42.8 Å². The van der Waals surface area contributed by atoms with Crippen LogP contribution in [0.1, 0.15) is 31.9 Å². The summed E-state index contributed by atoms with van der Waals surface area (Å²) in [6.07, 6.45) is -4.63. The smallest absolute Gasteiger partial charge is 0.416 e. The Morgan fingerprint density at radius 2 is 1.48 bits per heavy atom. The van der Waals surface area contributed by atoms with Crippen LogP contribution in [0.25, 0.3) is 0 Å². The number of alkyl halides is 3. The zero-order chi connectivity index (χ0) is 22.6. The van der Waals surface area contributed by atoms with E-state index in [1.807, 2.05) is 45.0 Å². The zero-order valence-electron chi connectivity index (χ0n) is 17.9. The van der Waals surface area contributed by atoms with E-state index in [0.717, 1.165) is 17.8 Å². The van der Waals surface area contributed by atoms with E-state index in [4.69, 9.17) is 9.47 Å². The molecule has 0 bridgehead atoms. The lowest BCUT2D eigenvalue weighted by Crippen LogP contribution is -2.50. The molecule has 0 saturated carbocycles. The van der Waals surface area contributed by atoms with Gasteiger partial charge in [0.1, 0.15) is 18.0 Å². The molecule has 1 saturated heterocycles. The number of anilines is 1. The van der Waals surface area contributed by atoms with Gasteiger partial charge in [0.25, 0.3) is 0 Å². The molecule has 8 heteroatoms. The molecule has 0 aliphatic carbocycles. The fraction of sp³-hybridized carbons (Fsp3) is 0.435. The minimum absolute atomic E-state index is 0.187. The van der Waals surface area contributed by atoms with Crippen LogP contribution in [0.15, 0.2) is 48.5 Å². The quantitative estimate of drug-likeness (QED) is 0.649. The molecule has 1 heterocycles. The first kappa shape index (κ1) is 22.8. The summed E-state index contributed by atoms with van der Waals surface area (Å²) in [6, 6.07) is 12.5. The van der Waals surface area contributed by atoms with E-state index >= 15 is 0 Å². The van der Waals surface area contributed by atoms with E-state index < -0.39 is 17.3 Å². The van der Waals surface area contributed by atoms with Crippen LogP contribution in [0, 0.1) is 0 Å². The van der Waals surface area contributed by atoms with Gasteiger partial charge < -0.3 is 19.3 Å². The summed E-state index contributed by atoms with van der Waals surface area (Å²) in [7, 11) is 0. The average Bonchev–Trinajstić information content (AvgIpc) is 2.71. The van der Waals surface area contributed by atoms with Gasteiger partial charge in [0.05, 0.1) is 5.56 Å². The lowest BCUT2D eigenvalue weighted by Gasteiger charge is -2.36. The summed E-state index contributed by atoms with van der Waals surface area (Å²) in [6.45, 7) is 8.30. The van der Waals surface area contributed by atoms with E-state index in [9.17, 15) is 18.0 Å². The first-order valence-electron chi connectivity index (χ1n) is 10.1. The molecule has 0 unspecified atom stereocenters. The molecule has 2 aromatic carbocycles. The number of carbonyl (C=O) groups excluding carboxylic acids is 1. The van der Waals surface area contributed by atoms with Gasteiger partial charge in [-0.1, -0.05) is 12.1 Å². The van der Waals surface area contributed by atoms with E-state index in [1.165, 1.54) is 12.1 Å². The van der Waals surface area contributed by atoms with Gasteiger partial charge in [-0.05, 0) is 62.7 Å². The van der Waals surface area contributed by atoms with Crippen LogP contribution in [-0.2, 0) is 17.5 Å². The lowest BCUT2D eigenvalue weighted by molar-refractivity contribution is -0.137. The fourth-order valence-corrected chi connectivity index (χ4v) is 3.18. The molecule has 0 aromatic heterocycles. The van der Waals surface area contributed by atoms with Crippen molar-refractivity contribution in [3.63, 3.8) is 0 Å². The largest absolute Gasteiger partial charge is 0.489 e. The predicted molar refractivity (Wildman–Crippen MR) is 112 cm³/mol. The highest BCUT2D eigenvalue weighted by Crippen LogP contribution is 2.29. The Labute approximate surface area is 180 Å². The third-order valence-electron chi connectivity index (χ3n) is 4.82. The normalized spacial score (nSPS) is 15.0. The maximum Gasteiger partial charge on any atom is 0.416 e. The molecule has 0 radical (unpaired) electrons. The van der Waals surface area contributed by atoms with Gasteiger partial charge in [-0.2, -0.15) is 13.2 Å². The van der Waals surface area contributed by atoms with Crippen molar-refractivity contribution in [1.29, 1.82) is 0 Å². The van der Waals surface area contributed by atoms with Crippen LogP contribution < -0.4 is 9.64 Å². The van der Waals surface area contributed by atoms with Crippen molar-refractivity contribution in [2.75, 3.05) is 31.1 Å². The number of hydrogen-bond donors (Lipinski definition) is 0. The zero-order valence-corrected chi connectivity index (χ0v) is 17.9. The molecule has 1 aliphatic rings. The van der Waals surface area contributed by atoms with Crippen molar-refractivity contribution in [3.05, 3.63) is 59.7 Å². The summed E-state index contributed by atoms with van der Waals surface area (Å²) in [5.74, 6) is 0.635. The van der Waals surface area contributed by atoms with Gasteiger partial charge in [-0.25, -0.2) is 4.79 Å². The number of nitrogens with zero attached hydrogens (tertiary/aromatic N) is 2. The highest BCUT2D eigenvalue weighted by molar-refractivity contribution is 5.68. The maximum atomic E-state index is 12.6. The molecule has 31 heavy (non-hydrogen) atoms. The number of ether oxygens (including phenoxy) is 2. The second-order valence-corrected chi connectivity index (χ2v) is 8.43. The van der Waals surface area contributed by atoms with Crippen LogP contribution in [0.2, 0.25) is 0 Å². The Bertz CT molecular complexity index is 867. The monoisotopic (exact) mass is 436 g/mol. The molecule has 0 atom stereocenters. The van der Waals surface area contributed by atoms with E-state index in [2.05, 4.69) is 4.90 Å². The van der Waals surface area contributed by atoms with Crippen molar-refractivity contribution in [2.24, 2.45) is 0 Å². The van der Waals surface area contributed by atoms with Gasteiger partial charge in [-0.15, -0.1) is 0 Å². The third-order valence-corrected chi connectivity index (χ3v) is 4.82. The summed E-state index contributed by atoms with van der Waals surface area (Å²) in [4.78, 5) is 16.1. The highest BCUT2D eigenvalue weighted by atomic mass is 19.4. The van der Waals surface area contributed by atoms with Crippen LogP contribution >= 0.6 is 0 Å². The Morgan fingerprint density at radius 3 is 2.00 bits per heavy atom. The van der Waals surface area contributed by atoms with Gasteiger partial charge in [0.15, 0.2) is 0 Å². The summed E-state index contributed by atoms with van der Waals surface area (Å²) < 4.78 is 49.0. The molecule has 2 aromatic rings. The maximum absolute atomic E-state index is 12.6. The number of halogens is 3. The Balaban J connectivity index is 1.49. The van der Waals surface area contributed by atoms with Crippen molar-refractivity contribution in [2.45, 2.75) is 39.2 Å². The highest BCUT2D eigenvalue weighted by Gasteiger charge is 2.30. The number of benzene rings is 2. The number of amides is 1. The number of carbonyl (C=O) groups is 1. The molecule has 1 amide bonds. The first-order valence-corrected chi connectivity index (χ1v) is 10.1. The molecular formula is C23H27F3N2O3. The van der Waals surface area contributed by atoms with Crippen LogP contribution in [0.5, 0.6) is 5.75 Å². The molecule has 5 nitrogen and oxygen atoms in total. The van der Waals surface area contributed by atoms with Crippen molar-refractivity contribution >= 4 is 11.8 Å². The summed E-state index contributed by atoms with van der Waals surface area (Å²) >= 11 is 0. The summed E-state index contributed by atoms with van der Waals surface area (Å²) in [5.41, 5.74) is 0.498. The second-order valence-electron chi connectivity index (χ2n) is 8.43. The number of hydrogen-bond acceptors (Lipinski definition) is 4. The average molecular weight is 436 g/mol. The molecule has 0 N–H and O–H groups in total.